The van der Waals surface area contributed by atoms with Crippen LogP contribution in [0.25, 0.3) is 0 Å². The molecule has 2 rings (SSSR count). The Morgan fingerprint density at radius 1 is 1.32 bits per heavy atom. The third-order valence-corrected chi connectivity index (χ3v) is 4.36. The lowest BCUT2D eigenvalue weighted by molar-refractivity contribution is 0.0462. The van der Waals surface area contributed by atoms with Crippen LogP contribution in [0.5, 0.6) is 0 Å². The second kappa shape index (κ2) is 6.56. The fraction of sp³-hybridized carbons (Fsp3) is 0.812. The minimum atomic E-state index is 0.450. The van der Waals surface area contributed by atoms with Crippen molar-refractivity contribution in [2.75, 3.05) is 6.61 Å². The lowest BCUT2D eigenvalue weighted by Gasteiger charge is -2.33. The summed E-state index contributed by atoms with van der Waals surface area (Å²) in [5, 5.41) is 4.52. The van der Waals surface area contributed by atoms with Crippen LogP contribution in [0.1, 0.15) is 59.8 Å². The van der Waals surface area contributed by atoms with Gasteiger partial charge in [0.15, 0.2) is 0 Å². The molecule has 2 aliphatic rings. The van der Waals surface area contributed by atoms with E-state index in [-0.39, 0.29) is 0 Å². The second-order valence-electron chi connectivity index (χ2n) is 6.06. The first-order valence-corrected chi connectivity index (χ1v) is 7.78. The van der Waals surface area contributed by atoms with Gasteiger partial charge >= 0.3 is 0 Å². The molecular weight excluding hydrogens is 236 g/mol. The number of allylic oxidation sites excluding steroid dienone is 2. The molecule has 1 aliphatic carbocycles. The van der Waals surface area contributed by atoms with Crippen molar-refractivity contribution in [2.24, 2.45) is 16.9 Å². The van der Waals surface area contributed by atoms with Crippen LogP contribution in [0.3, 0.4) is 0 Å². The molecule has 1 saturated carbocycles. The van der Waals surface area contributed by atoms with Gasteiger partial charge in [-0.1, -0.05) is 13.8 Å². The van der Waals surface area contributed by atoms with Crippen molar-refractivity contribution >= 4 is 5.71 Å². The summed E-state index contributed by atoms with van der Waals surface area (Å²) in [6.07, 6.45) is 6.44. The van der Waals surface area contributed by atoms with Gasteiger partial charge in [-0.15, -0.1) is 0 Å². The van der Waals surface area contributed by atoms with Crippen LogP contribution < -0.4 is 5.43 Å². The molecule has 19 heavy (non-hydrogen) atoms. The maximum Gasteiger partial charge on any atom is 0.0578 e. The van der Waals surface area contributed by atoms with E-state index in [1.54, 1.807) is 5.57 Å². The van der Waals surface area contributed by atoms with Crippen molar-refractivity contribution in [3.63, 3.8) is 0 Å². The number of rotatable bonds is 3. The number of hydrogen-bond donors (Lipinski definition) is 1. The maximum atomic E-state index is 5.85. The van der Waals surface area contributed by atoms with Crippen LogP contribution in [0.4, 0.5) is 0 Å². The molecule has 3 nitrogen and oxygen atoms in total. The largest absolute Gasteiger partial charge is 0.378 e. The van der Waals surface area contributed by atoms with Crippen LogP contribution in [-0.2, 0) is 4.74 Å². The van der Waals surface area contributed by atoms with E-state index in [2.05, 4.69) is 38.2 Å². The highest BCUT2D eigenvalue weighted by atomic mass is 16.5. The number of fused-ring (bicyclic) bond motifs is 1. The molecule has 0 bridgehead atoms. The van der Waals surface area contributed by atoms with Crippen LogP contribution in [0.2, 0.25) is 0 Å². The summed E-state index contributed by atoms with van der Waals surface area (Å²) in [5.41, 5.74) is 7.49. The number of hydrogen-bond acceptors (Lipinski definition) is 3. The predicted octanol–water partition coefficient (Wildman–Crippen LogP) is 3.86. The average Bonchev–Trinajstić information content (AvgIpc) is 2.34. The fourth-order valence-corrected chi connectivity index (χ4v) is 3.34. The van der Waals surface area contributed by atoms with E-state index in [1.807, 2.05) is 0 Å². The van der Waals surface area contributed by atoms with E-state index in [1.165, 1.54) is 30.7 Å². The molecule has 108 valence electrons. The minimum absolute atomic E-state index is 0.450. The molecule has 2 atom stereocenters. The summed E-state index contributed by atoms with van der Waals surface area (Å²) in [6, 6.07) is 0. The molecule has 0 amide bonds. The van der Waals surface area contributed by atoms with E-state index in [9.17, 15) is 0 Å². The first kappa shape index (κ1) is 14.6. The van der Waals surface area contributed by atoms with Gasteiger partial charge in [-0.05, 0) is 57.4 Å². The maximum absolute atomic E-state index is 5.85. The Bertz CT molecular complexity index is 371. The van der Waals surface area contributed by atoms with Crippen LogP contribution in [0.15, 0.2) is 16.4 Å². The molecule has 3 heteroatoms. The van der Waals surface area contributed by atoms with Gasteiger partial charge < -0.3 is 4.74 Å². The first-order chi connectivity index (χ1) is 9.13. The summed E-state index contributed by atoms with van der Waals surface area (Å²) >= 11 is 0. The van der Waals surface area contributed by atoms with Gasteiger partial charge in [0.1, 0.15) is 0 Å². The quantitative estimate of drug-likeness (QED) is 0.839. The molecule has 2 unspecified atom stereocenters. The normalized spacial score (nSPS) is 28.4. The molecular formula is C16H28N2O. The lowest BCUT2D eigenvalue weighted by atomic mass is 9.80. The topological polar surface area (TPSA) is 33.6 Å². The summed E-state index contributed by atoms with van der Waals surface area (Å²) in [6.45, 7) is 9.60. The highest BCUT2D eigenvalue weighted by Crippen LogP contribution is 2.34. The van der Waals surface area contributed by atoms with Crippen molar-refractivity contribution in [1.29, 1.82) is 0 Å². The summed E-state index contributed by atoms with van der Waals surface area (Å²) in [5.74, 6) is 1.10. The molecule has 0 spiro atoms. The molecule has 0 saturated heterocycles. The van der Waals surface area contributed by atoms with Crippen molar-refractivity contribution in [2.45, 2.75) is 65.9 Å². The number of nitrogens with one attached hydrogen (secondary N) is 1. The van der Waals surface area contributed by atoms with Gasteiger partial charge in [-0.2, -0.15) is 5.10 Å². The van der Waals surface area contributed by atoms with E-state index in [4.69, 9.17) is 4.74 Å². The Morgan fingerprint density at radius 2 is 2.11 bits per heavy atom. The van der Waals surface area contributed by atoms with Gasteiger partial charge in [0.2, 0.25) is 0 Å². The molecule has 0 radical (unpaired) electrons. The van der Waals surface area contributed by atoms with Gasteiger partial charge in [0, 0.05) is 23.9 Å². The highest BCUT2D eigenvalue weighted by Gasteiger charge is 2.28. The van der Waals surface area contributed by atoms with Crippen LogP contribution >= 0.6 is 0 Å². The van der Waals surface area contributed by atoms with E-state index in [0.717, 1.165) is 19.4 Å². The Labute approximate surface area is 117 Å². The van der Waals surface area contributed by atoms with Gasteiger partial charge in [0.25, 0.3) is 0 Å². The monoisotopic (exact) mass is 264 g/mol. The summed E-state index contributed by atoms with van der Waals surface area (Å²) in [4.78, 5) is 0. The van der Waals surface area contributed by atoms with Crippen molar-refractivity contribution in [1.82, 2.24) is 5.43 Å². The summed E-state index contributed by atoms with van der Waals surface area (Å²) < 4.78 is 5.85. The first-order valence-electron chi connectivity index (χ1n) is 7.78. The van der Waals surface area contributed by atoms with E-state index < -0.39 is 0 Å². The smallest absolute Gasteiger partial charge is 0.0578 e. The molecule has 1 heterocycles. The number of hydrazone groups is 1. The Kier molecular flexibility index (Phi) is 5.03. The van der Waals surface area contributed by atoms with Crippen molar-refractivity contribution in [3.05, 3.63) is 11.3 Å². The Morgan fingerprint density at radius 3 is 2.79 bits per heavy atom. The molecule has 1 aliphatic heterocycles. The fourth-order valence-electron chi connectivity index (χ4n) is 3.34. The van der Waals surface area contributed by atoms with Gasteiger partial charge in [0.05, 0.1) is 6.10 Å². The standard InChI is InChI=1S/C16H28N2O/c1-5-19-13-7-6-8-14-12(4)17-18-16(11(2)3)15(14)10-9-13/h11,13-14,18H,5-10H2,1-4H3. The second-order valence-corrected chi connectivity index (χ2v) is 6.06. The average molecular weight is 264 g/mol. The van der Waals surface area contributed by atoms with Gasteiger partial charge in [-0.25, -0.2) is 0 Å². The number of nitrogens with zero attached hydrogens (tertiary/aromatic N) is 1. The number of ether oxygens (including phenoxy) is 1. The molecule has 1 fully saturated rings. The van der Waals surface area contributed by atoms with Crippen molar-refractivity contribution in [3.8, 4) is 0 Å². The lowest BCUT2D eigenvalue weighted by Crippen LogP contribution is -2.31. The van der Waals surface area contributed by atoms with Crippen molar-refractivity contribution < 1.29 is 4.74 Å². The SMILES string of the molecule is CCOC1CCCC2C(C)=NNC(C(C)C)=C2CC1. The third-order valence-electron chi connectivity index (χ3n) is 4.36. The zero-order valence-corrected chi connectivity index (χ0v) is 12.8. The molecule has 1 N–H and O–H groups in total. The van der Waals surface area contributed by atoms with Crippen LogP contribution in [0, 0.1) is 11.8 Å². The zero-order chi connectivity index (χ0) is 13.8. The third kappa shape index (κ3) is 3.38. The zero-order valence-electron chi connectivity index (χ0n) is 12.8. The molecule has 0 aromatic carbocycles. The van der Waals surface area contributed by atoms with Gasteiger partial charge in [-0.3, -0.25) is 5.43 Å². The predicted molar refractivity (Wildman–Crippen MR) is 80.1 cm³/mol. The Hall–Kier alpha value is -0.830. The minimum Gasteiger partial charge on any atom is -0.378 e. The van der Waals surface area contributed by atoms with E-state index >= 15 is 0 Å². The molecule has 0 aromatic heterocycles. The summed E-state index contributed by atoms with van der Waals surface area (Å²) in [7, 11) is 0. The van der Waals surface area contributed by atoms with E-state index in [0.29, 0.717) is 17.9 Å². The highest BCUT2D eigenvalue weighted by molar-refractivity contribution is 5.87. The Balaban J connectivity index is 2.17. The molecule has 0 aromatic rings. The van der Waals surface area contributed by atoms with Crippen LogP contribution in [-0.4, -0.2) is 18.4 Å².